The van der Waals surface area contributed by atoms with Crippen LogP contribution in [0.3, 0.4) is 0 Å². The number of H-pyrrole nitrogens is 1. The van der Waals surface area contributed by atoms with E-state index in [0.29, 0.717) is 24.7 Å². The van der Waals surface area contributed by atoms with Gasteiger partial charge < -0.3 is 9.47 Å². The summed E-state index contributed by atoms with van der Waals surface area (Å²) in [6.07, 6.45) is 0. The van der Waals surface area contributed by atoms with Gasteiger partial charge in [0.05, 0.1) is 18.8 Å². The Kier molecular flexibility index (Phi) is 3.07. The van der Waals surface area contributed by atoms with Gasteiger partial charge in [-0.05, 0) is 19.9 Å². The van der Waals surface area contributed by atoms with E-state index in [-0.39, 0.29) is 23.4 Å². The van der Waals surface area contributed by atoms with Crippen LogP contribution in [0.1, 0.15) is 36.9 Å². The lowest BCUT2D eigenvalue weighted by atomic mass is 9.79. The van der Waals surface area contributed by atoms with Crippen molar-refractivity contribution < 1.29 is 9.47 Å². The summed E-state index contributed by atoms with van der Waals surface area (Å²) >= 11 is 0. The molecule has 1 aromatic carbocycles. The summed E-state index contributed by atoms with van der Waals surface area (Å²) in [7, 11) is 0. The van der Waals surface area contributed by atoms with E-state index in [0.717, 1.165) is 11.3 Å². The van der Waals surface area contributed by atoms with Crippen LogP contribution in [0.15, 0.2) is 33.9 Å². The Hall–Kier alpha value is -2.50. The van der Waals surface area contributed by atoms with Gasteiger partial charge >= 0.3 is 5.69 Å². The number of nitrogens with zero attached hydrogens (tertiary/aromatic N) is 1. The van der Waals surface area contributed by atoms with Gasteiger partial charge in [0.15, 0.2) is 0 Å². The van der Waals surface area contributed by atoms with Crippen molar-refractivity contribution in [2.75, 3.05) is 13.2 Å². The average Bonchev–Trinajstić information content (AvgIpc) is 2.53. The lowest BCUT2D eigenvalue weighted by Crippen LogP contribution is -2.45. The van der Waals surface area contributed by atoms with Gasteiger partial charge in [0, 0.05) is 23.4 Å². The van der Waals surface area contributed by atoms with Crippen molar-refractivity contribution in [2.45, 2.75) is 25.8 Å². The van der Waals surface area contributed by atoms with Gasteiger partial charge in [-0.15, -0.1) is 0 Å². The molecule has 0 aliphatic carbocycles. The molecule has 4 rings (SSSR count). The zero-order valence-electron chi connectivity index (χ0n) is 13.0. The van der Waals surface area contributed by atoms with Crippen LogP contribution in [0.5, 0.6) is 11.6 Å². The molecule has 120 valence electrons. The molecule has 2 aliphatic rings. The summed E-state index contributed by atoms with van der Waals surface area (Å²) in [5.41, 5.74) is 0.811. The fourth-order valence-electron chi connectivity index (χ4n) is 3.54. The van der Waals surface area contributed by atoms with E-state index in [4.69, 9.17) is 9.47 Å². The highest BCUT2D eigenvalue weighted by atomic mass is 16.5. The first kappa shape index (κ1) is 14.1. The van der Waals surface area contributed by atoms with E-state index in [2.05, 4.69) is 4.98 Å². The number of fused-ring (bicyclic) bond motifs is 5. The van der Waals surface area contributed by atoms with E-state index in [1.54, 1.807) is 0 Å². The smallest absolute Gasteiger partial charge is 0.331 e. The van der Waals surface area contributed by atoms with Crippen LogP contribution in [0.4, 0.5) is 0 Å². The lowest BCUT2D eigenvalue weighted by molar-refractivity contribution is 0.120. The zero-order chi connectivity index (χ0) is 16.1. The zero-order valence-corrected chi connectivity index (χ0v) is 13.0. The van der Waals surface area contributed by atoms with Crippen molar-refractivity contribution in [3.05, 3.63) is 56.2 Å². The van der Waals surface area contributed by atoms with Crippen molar-refractivity contribution in [1.82, 2.24) is 9.55 Å². The second-order valence-electron chi connectivity index (χ2n) is 6.34. The van der Waals surface area contributed by atoms with Crippen LogP contribution < -0.4 is 20.7 Å². The molecule has 0 fully saturated rings. The Balaban J connectivity index is 2.00. The molecule has 6 nitrogen and oxygen atoms in total. The van der Waals surface area contributed by atoms with Crippen molar-refractivity contribution >= 4 is 0 Å². The van der Waals surface area contributed by atoms with E-state index >= 15 is 0 Å². The molecule has 1 aromatic heterocycles. The summed E-state index contributed by atoms with van der Waals surface area (Å²) in [5.74, 6) is 1.05. The van der Waals surface area contributed by atoms with Crippen LogP contribution in [0.2, 0.25) is 0 Å². The van der Waals surface area contributed by atoms with Gasteiger partial charge in [0.25, 0.3) is 5.56 Å². The number of hydrogen-bond donors (Lipinski definition) is 1. The highest BCUT2D eigenvalue weighted by molar-refractivity contribution is 5.47. The Morgan fingerprint density at radius 2 is 1.91 bits per heavy atom. The first-order chi connectivity index (χ1) is 11.1. The number of hydrogen-bond acceptors (Lipinski definition) is 4. The summed E-state index contributed by atoms with van der Waals surface area (Å²) in [6.45, 7) is 4.57. The number of aromatic nitrogens is 2. The van der Waals surface area contributed by atoms with Crippen LogP contribution >= 0.6 is 0 Å². The van der Waals surface area contributed by atoms with Crippen LogP contribution in [-0.4, -0.2) is 22.8 Å². The van der Waals surface area contributed by atoms with Gasteiger partial charge in [0.1, 0.15) is 5.75 Å². The highest BCUT2D eigenvalue weighted by Crippen LogP contribution is 2.44. The summed E-state index contributed by atoms with van der Waals surface area (Å²) in [4.78, 5) is 27.9. The largest absolute Gasteiger partial charge is 0.493 e. The molecule has 0 saturated carbocycles. The average molecular weight is 314 g/mol. The van der Waals surface area contributed by atoms with Crippen molar-refractivity contribution in [2.24, 2.45) is 5.92 Å². The Bertz CT molecular complexity index is 881. The molecule has 3 heterocycles. The highest BCUT2D eigenvalue weighted by Gasteiger charge is 2.40. The van der Waals surface area contributed by atoms with Gasteiger partial charge in [-0.3, -0.25) is 14.3 Å². The molecule has 0 saturated heterocycles. The maximum absolute atomic E-state index is 13.0. The molecule has 0 radical (unpaired) electrons. The lowest BCUT2D eigenvalue weighted by Gasteiger charge is -2.37. The molecular formula is C17H18N2O4. The van der Waals surface area contributed by atoms with Crippen molar-refractivity contribution in [3.8, 4) is 11.6 Å². The van der Waals surface area contributed by atoms with Crippen LogP contribution in [0.25, 0.3) is 0 Å². The standard InChI is InChI=1S/C17H18N2O4/c1-9(2)19-16(20)14-13-10(8-23-15(14)18-17(19)21)7-22-12-6-4-3-5-11(12)13/h3-6,9-10,13H,7-8H2,1-2H3,(H,18,21)/t10-,13+/m0/s1. The fraction of sp³-hybridized carbons (Fsp3) is 0.412. The van der Waals surface area contributed by atoms with E-state index in [1.807, 2.05) is 38.1 Å². The minimum Gasteiger partial charge on any atom is -0.493 e. The maximum Gasteiger partial charge on any atom is 0.331 e. The molecule has 2 aromatic rings. The summed E-state index contributed by atoms with van der Waals surface area (Å²) < 4.78 is 12.7. The van der Waals surface area contributed by atoms with Gasteiger partial charge in [-0.25, -0.2) is 4.79 Å². The Morgan fingerprint density at radius 1 is 1.17 bits per heavy atom. The first-order valence-electron chi connectivity index (χ1n) is 7.81. The topological polar surface area (TPSA) is 73.3 Å². The molecule has 2 aliphatic heterocycles. The first-order valence-corrected chi connectivity index (χ1v) is 7.81. The molecule has 0 spiro atoms. The third-order valence-electron chi connectivity index (χ3n) is 4.58. The molecule has 0 unspecified atom stereocenters. The van der Waals surface area contributed by atoms with Gasteiger partial charge in [0.2, 0.25) is 5.88 Å². The quantitative estimate of drug-likeness (QED) is 0.868. The molecule has 23 heavy (non-hydrogen) atoms. The molecular weight excluding hydrogens is 296 g/mol. The number of para-hydroxylation sites is 1. The number of nitrogens with one attached hydrogen (secondary N) is 1. The predicted octanol–water partition coefficient (Wildman–Crippen LogP) is 1.65. The number of benzene rings is 1. The second-order valence-corrected chi connectivity index (χ2v) is 6.34. The van der Waals surface area contributed by atoms with Crippen molar-refractivity contribution in [3.63, 3.8) is 0 Å². The summed E-state index contributed by atoms with van der Waals surface area (Å²) in [5, 5.41) is 0. The van der Waals surface area contributed by atoms with E-state index < -0.39 is 5.69 Å². The number of aromatic amines is 1. The second kappa shape index (κ2) is 5.01. The predicted molar refractivity (Wildman–Crippen MR) is 84.5 cm³/mol. The van der Waals surface area contributed by atoms with Gasteiger partial charge in [-0.2, -0.15) is 0 Å². The minimum atomic E-state index is -0.428. The SMILES string of the molecule is CC(C)n1c(=O)[nH]c2c(c1=O)[C@H]1c3ccccc3OC[C@H]1CO2. The number of rotatable bonds is 1. The summed E-state index contributed by atoms with van der Waals surface area (Å²) in [6, 6.07) is 7.52. The normalized spacial score (nSPS) is 21.7. The van der Waals surface area contributed by atoms with Crippen LogP contribution in [-0.2, 0) is 0 Å². The van der Waals surface area contributed by atoms with E-state index in [1.165, 1.54) is 4.57 Å². The molecule has 0 amide bonds. The fourth-order valence-corrected chi connectivity index (χ4v) is 3.54. The van der Waals surface area contributed by atoms with Gasteiger partial charge in [-0.1, -0.05) is 18.2 Å². The molecule has 2 atom stereocenters. The number of ether oxygens (including phenoxy) is 2. The van der Waals surface area contributed by atoms with E-state index in [9.17, 15) is 9.59 Å². The Morgan fingerprint density at radius 3 is 2.70 bits per heavy atom. The molecule has 6 heteroatoms. The maximum atomic E-state index is 13.0. The molecule has 1 N–H and O–H groups in total. The van der Waals surface area contributed by atoms with Crippen LogP contribution in [0, 0.1) is 5.92 Å². The third-order valence-corrected chi connectivity index (χ3v) is 4.58. The molecule has 0 bridgehead atoms. The third kappa shape index (κ3) is 2.01. The minimum absolute atomic E-state index is 0.0663. The Labute approximate surface area is 132 Å². The van der Waals surface area contributed by atoms with Crippen molar-refractivity contribution in [1.29, 1.82) is 0 Å². The monoisotopic (exact) mass is 314 g/mol.